The number of hydrogen-bond acceptors (Lipinski definition) is 1. The number of halogens is 3. The predicted molar refractivity (Wildman–Crippen MR) is 53.1 cm³/mol. The molecule has 0 amide bonds. The third-order valence-electron chi connectivity index (χ3n) is 2.35. The van der Waals surface area contributed by atoms with Crippen LogP contribution in [0, 0.1) is 11.7 Å². The maximum atomic E-state index is 13.4. The highest BCUT2D eigenvalue weighted by Gasteiger charge is 2.17. The molecule has 15 heavy (non-hydrogen) atoms. The summed E-state index contributed by atoms with van der Waals surface area (Å²) < 4.78 is 37.9. The minimum absolute atomic E-state index is 0.0666. The monoisotopic (exact) mass is 217 g/mol. The van der Waals surface area contributed by atoms with Crippen LogP contribution in [-0.4, -0.2) is 0 Å². The first-order valence-corrected chi connectivity index (χ1v) is 4.76. The number of nitrogens with two attached hydrogens (primary N) is 1. The van der Waals surface area contributed by atoms with E-state index in [2.05, 4.69) is 0 Å². The molecule has 0 bridgehead atoms. The van der Waals surface area contributed by atoms with Gasteiger partial charge in [-0.25, -0.2) is 13.2 Å². The maximum absolute atomic E-state index is 13.4. The molecular formula is C11H14F3N. The van der Waals surface area contributed by atoms with Crippen LogP contribution < -0.4 is 5.73 Å². The van der Waals surface area contributed by atoms with Gasteiger partial charge in [0.05, 0.1) is 0 Å². The summed E-state index contributed by atoms with van der Waals surface area (Å²) in [5.74, 6) is -0.592. The van der Waals surface area contributed by atoms with Gasteiger partial charge in [0.25, 0.3) is 6.43 Å². The van der Waals surface area contributed by atoms with Gasteiger partial charge in [-0.1, -0.05) is 26.0 Å². The van der Waals surface area contributed by atoms with Crippen molar-refractivity contribution in [3.05, 3.63) is 35.1 Å². The topological polar surface area (TPSA) is 26.0 Å². The molecule has 0 radical (unpaired) electrons. The van der Waals surface area contributed by atoms with E-state index in [-0.39, 0.29) is 17.0 Å². The Balaban J connectivity index is 3.03. The fraction of sp³-hybridized carbons (Fsp3) is 0.455. The minimum Gasteiger partial charge on any atom is -0.324 e. The van der Waals surface area contributed by atoms with Crippen LogP contribution in [0.15, 0.2) is 18.2 Å². The molecule has 0 unspecified atom stereocenters. The van der Waals surface area contributed by atoms with E-state index in [9.17, 15) is 13.2 Å². The zero-order chi connectivity index (χ0) is 11.6. The lowest BCUT2D eigenvalue weighted by molar-refractivity contribution is 0.151. The van der Waals surface area contributed by atoms with Crippen LogP contribution in [0.4, 0.5) is 13.2 Å². The largest absolute Gasteiger partial charge is 0.324 e. The molecule has 0 saturated carbocycles. The molecule has 0 aliphatic carbocycles. The molecule has 0 spiro atoms. The molecule has 84 valence electrons. The van der Waals surface area contributed by atoms with Crippen molar-refractivity contribution in [3.63, 3.8) is 0 Å². The molecule has 0 heterocycles. The summed E-state index contributed by atoms with van der Waals surface area (Å²) in [4.78, 5) is 0. The number of rotatable bonds is 3. The average molecular weight is 217 g/mol. The molecule has 2 N–H and O–H groups in total. The standard InChI is InChI=1S/C11H14F3N/c1-6(2)10(15)8-4-3-7(11(13)14)5-9(8)12/h3-6,10-11H,15H2,1-2H3/t10-/m1/s1. The summed E-state index contributed by atoms with van der Waals surface area (Å²) in [5, 5.41) is 0. The van der Waals surface area contributed by atoms with Crippen molar-refractivity contribution in [2.75, 3.05) is 0 Å². The first-order valence-electron chi connectivity index (χ1n) is 4.76. The molecule has 0 aliphatic rings. The predicted octanol–water partition coefficient (Wildman–Crippen LogP) is 3.42. The lowest BCUT2D eigenvalue weighted by atomic mass is 9.96. The number of hydrogen-bond donors (Lipinski definition) is 1. The number of alkyl halides is 2. The van der Waals surface area contributed by atoms with Gasteiger partial charge in [0.1, 0.15) is 5.82 Å². The Hall–Kier alpha value is -1.03. The van der Waals surface area contributed by atoms with Crippen molar-refractivity contribution in [1.82, 2.24) is 0 Å². The minimum atomic E-state index is -2.65. The van der Waals surface area contributed by atoms with Crippen molar-refractivity contribution < 1.29 is 13.2 Å². The normalized spacial score (nSPS) is 13.6. The average Bonchev–Trinajstić information content (AvgIpc) is 2.16. The second-order valence-corrected chi connectivity index (χ2v) is 3.85. The molecule has 0 fully saturated rings. The summed E-state index contributed by atoms with van der Waals surface area (Å²) in [6.07, 6.45) is -2.65. The number of benzene rings is 1. The van der Waals surface area contributed by atoms with E-state index in [4.69, 9.17) is 5.73 Å². The van der Waals surface area contributed by atoms with Crippen LogP contribution in [-0.2, 0) is 0 Å². The van der Waals surface area contributed by atoms with Crippen molar-refractivity contribution >= 4 is 0 Å². The Labute approximate surface area is 87.1 Å². The zero-order valence-corrected chi connectivity index (χ0v) is 8.68. The van der Waals surface area contributed by atoms with Gasteiger partial charge in [0, 0.05) is 17.2 Å². The summed E-state index contributed by atoms with van der Waals surface area (Å²) in [7, 11) is 0. The quantitative estimate of drug-likeness (QED) is 0.824. The van der Waals surface area contributed by atoms with Crippen molar-refractivity contribution in [2.45, 2.75) is 26.3 Å². The summed E-state index contributed by atoms with van der Waals surface area (Å²) in [5.41, 5.74) is 5.71. The Bertz CT molecular complexity index is 337. The Morgan fingerprint density at radius 2 is 1.80 bits per heavy atom. The molecule has 1 aromatic carbocycles. The summed E-state index contributed by atoms with van der Waals surface area (Å²) in [6.45, 7) is 3.70. The van der Waals surface area contributed by atoms with Gasteiger partial charge in [-0.2, -0.15) is 0 Å². The lowest BCUT2D eigenvalue weighted by Crippen LogP contribution is -2.18. The molecule has 1 rings (SSSR count). The van der Waals surface area contributed by atoms with Crippen molar-refractivity contribution in [1.29, 1.82) is 0 Å². The lowest BCUT2D eigenvalue weighted by Gasteiger charge is -2.17. The molecule has 1 atom stereocenters. The highest BCUT2D eigenvalue weighted by atomic mass is 19.3. The zero-order valence-electron chi connectivity index (χ0n) is 8.68. The Morgan fingerprint density at radius 1 is 1.20 bits per heavy atom. The van der Waals surface area contributed by atoms with Gasteiger partial charge in [0.2, 0.25) is 0 Å². The van der Waals surface area contributed by atoms with E-state index >= 15 is 0 Å². The van der Waals surface area contributed by atoms with Crippen LogP contribution in [0.1, 0.15) is 37.4 Å². The van der Waals surface area contributed by atoms with Crippen LogP contribution in [0.2, 0.25) is 0 Å². The van der Waals surface area contributed by atoms with Crippen molar-refractivity contribution in [3.8, 4) is 0 Å². The first kappa shape index (κ1) is 12.0. The van der Waals surface area contributed by atoms with Crippen LogP contribution >= 0.6 is 0 Å². The SMILES string of the molecule is CC(C)[C@@H](N)c1ccc(C(F)F)cc1F. The smallest absolute Gasteiger partial charge is 0.263 e. The summed E-state index contributed by atoms with van der Waals surface area (Å²) >= 11 is 0. The van der Waals surface area contributed by atoms with Gasteiger partial charge in [-0.15, -0.1) is 0 Å². The third-order valence-corrected chi connectivity index (χ3v) is 2.35. The van der Waals surface area contributed by atoms with E-state index in [0.29, 0.717) is 0 Å². The second-order valence-electron chi connectivity index (χ2n) is 3.85. The fourth-order valence-corrected chi connectivity index (χ4v) is 1.31. The van der Waals surface area contributed by atoms with E-state index in [1.807, 2.05) is 13.8 Å². The maximum Gasteiger partial charge on any atom is 0.263 e. The molecule has 0 aliphatic heterocycles. The van der Waals surface area contributed by atoms with E-state index < -0.39 is 18.3 Å². The van der Waals surface area contributed by atoms with Crippen LogP contribution in [0.3, 0.4) is 0 Å². The van der Waals surface area contributed by atoms with Gasteiger partial charge in [-0.05, 0) is 12.0 Å². The summed E-state index contributed by atoms with van der Waals surface area (Å²) in [6, 6.07) is 2.94. The van der Waals surface area contributed by atoms with Gasteiger partial charge >= 0.3 is 0 Å². The molecule has 1 aromatic rings. The molecular weight excluding hydrogens is 203 g/mol. The van der Waals surface area contributed by atoms with Crippen LogP contribution in [0.5, 0.6) is 0 Å². The van der Waals surface area contributed by atoms with E-state index in [1.54, 1.807) is 0 Å². The molecule has 4 heteroatoms. The van der Waals surface area contributed by atoms with Gasteiger partial charge in [0.15, 0.2) is 0 Å². The van der Waals surface area contributed by atoms with Gasteiger partial charge < -0.3 is 5.73 Å². The Kier molecular flexibility index (Phi) is 3.74. The molecule has 0 saturated heterocycles. The second kappa shape index (κ2) is 4.66. The first-order chi connectivity index (χ1) is 6.93. The van der Waals surface area contributed by atoms with Crippen LogP contribution in [0.25, 0.3) is 0 Å². The van der Waals surface area contributed by atoms with E-state index in [1.165, 1.54) is 12.1 Å². The molecule has 1 nitrogen and oxygen atoms in total. The third kappa shape index (κ3) is 2.72. The van der Waals surface area contributed by atoms with Gasteiger partial charge in [-0.3, -0.25) is 0 Å². The van der Waals surface area contributed by atoms with E-state index in [0.717, 1.165) is 6.07 Å². The Morgan fingerprint density at radius 3 is 2.20 bits per heavy atom. The van der Waals surface area contributed by atoms with Crippen molar-refractivity contribution in [2.24, 2.45) is 11.7 Å². The molecule has 0 aromatic heterocycles. The highest BCUT2D eigenvalue weighted by molar-refractivity contribution is 5.27. The highest BCUT2D eigenvalue weighted by Crippen LogP contribution is 2.26. The fourth-order valence-electron chi connectivity index (χ4n) is 1.31.